The van der Waals surface area contributed by atoms with E-state index in [1.165, 1.54) is 63.8 Å². The van der Waals surface area contributed by atoms with Crippen molar-refractivity contribution in [2.75, 3.05) is 39.6 Å². The average molecular weight is 599 g/mol. The molecule has 0 N–H and O–H groups in total. The van der Waals surface area contributed by atoms with Crippen molar-refractivity contribution in [3.8, 4) is 0 Å². The topological polar surface area (TPSA) is 65.3 Å². The molecule has 0 aromatic rings. The van der Waals surface area contributed by atoms with Crippen LogP contribution in [-0.2, 0) is 28.1 Å². The van der Waals surface area contributed by atoms with Gasteiger partial charge in [0.15, 0.2) is 8.32 Å². The van der Waals surface area contributed by atoms with Crippen LogP contribution in [-0.4, -0.2) is 78.5 Å². The maximum Gasteiger partial charge on any atom is 0.199 e. The molecule has 0 aromatic heterocycles. The lowest BCUT2D eigenvalue weighted by molar-refractivity contribution is 0.0278. The van der Waals surface area contributed by atoms with Gasteiger partial charge in [-0.1, -0.05) is 86.0 Å². The van der Waals surface area contributed by atoms with Crippen LogP contribution in [0.25, 0.3) is 0 Å². The van der Waals surface area contributed by atoms with Gasteiger partial charge in [-0.2, -0.15) is 0 Å². The highest BCUT2D eigenvalue weighted by Gasteiger charge is 2.51. The molecule has 3 fully saturated rings. The van der Waals surface area contributed by atoms with Crippen LogP contribution in [0.4, 0.5) is 0 Å². The van der Waals surface area contributed by atoms with Gasteiger partial charge < -0.3 is 28.1 Å². The predicted molar refractivity (Wildman–Crippen MR) is 170 cm³/mol. The first kappa shape index (κ1) is 35.5. The molecule has 3 heterocycles. The van der Waals surface area contributed by atoms with Crippen LogP contribution < -0.4 is 0 Å². The van der Waals surface area contributed by atoms with Crippen molar-refractivity contribution < 1.29 is 28.1 Å². The Morgan fingerprint density at radius 3 is 1.51 bits per heavy atom. The molecule has 7 heteroatoms. The summed E-state index contributed by atoms with van der Waals surface area (Å²) in [7, 11) is -2.29. The Kier molecular flexibility index (Phi) is 16.8. The van der Waals surface area contributed by atoms with Gasteiger partial charge in [0.05, 0.1) is 51.3 Å². The van der Waals surface area contributed by atoms with Gasteiger partial charge in [-0.25, -0.2) is 0 Å². The van der Waals surface area contributed by atoms with E-state index in [1.807, 2.05) is 0 Å². The number of hydrogen-bond acceptors (Lipinski definition) is 6. The van der Waals surface area contributed by atoms with E-state index < -0.39 is 8.32 Å². The minimum absolute atomic E-state index is 0.279. The van der Waals surface area contributed by atoms with Gasteiger partial charge in [-0.15, -0.1) is 0 Å². The number of unbranched alkanes of at least 4 members (excludes halogenated alkanes) is 2. The van der Waals surface area contributed by atoms with E-state index in [0.29, 0.717) is 35.3 Å². The molecule has 41 heavy (non-hydrogen) atoms. The molecule has 3 aliphatic heterocycles. The van der Waals surface area contributed by atoms with Crippen molar-refractivity contribution >= 4 is 8.32 Å². The Bertz CT molecular complexity index is 630. The molecule has 0 radical (unpaired) electrons. The summed E-state index contributed by atoms with van der Waals surface area (Å²) in [4.78, 5) is 0. The van der Waals surface area contributed by atoms with E-state index in [2.05, 4.69) is 41.5 Å². The Labute approximate surface area is 254 Å². The van der Waals surface area contributed by atoms with Crippen molar-refractivity contribution in [1.82, 2.24) is 0 Å². The largest absolute Gasteiger partial charge is 0.417 e. The molecule has 6 nitrogen and oxygen atoms in total. The van der Waals surface area contributed by atoms with Crippen LogP contribution in [0.3, 0.4) is 0 Å². The van der Waals surface area contributed by atoms with E-state index in [4.69, 9.17) is 28.1 Å². The number of hydrogen-bond donors (Lipinski definition) is 0. The van der Waals surface area contributed by atoms with Crippen LogP contribution >= 0.6 is 0 Å². The maximum atomic E-state index is 7.43. The van der Waals surface area contributed by atoms with E-state index in [0.717, 1.165) is 65.3 Å². The van der Waals surface area contributed by atoms with Gasteiger partial charge >= 0.3 is 0 Å². The molecule has 3 rings (SSSR count). The Morgan fingerprint density at radius 2 is 1.15 bits per heavy atom. The number of ether oxygens (including phenoxy) is 5. The lowest BCUT2D eigenvalue weighted by Crippen LogP contribution is -2.51. The molecule has 3 aliphatic rings. The zero-order valence-electron chi connectivity index (χ0n) is 27.7. The second kappa shape index (κ2) is 19.4. The third-order valence-corrected chi connectivity index (χ3v) is 15.6. The lowest BCUT2D eigenvalue weighted by Gasteiger charge is -2.48. The molecule has 3 saturated heterocycles. The van der Waals surface area contributed by atoms with E-state index in [9.17, 15) is 0 Å². The molecule has 0 saturated carbocycles. The molecule has 242 valence electrons. The fourth-order valence-corrected chi connectivity index (χ4v) is 13.6. The van der Waals surface area contributed by atoms with E-state index in [-0.39, 0.29) is 12.2 Å². The van der Waals surface area contributed by atoms with Gasteiger partial charge in [0.1, 0.15) is 12.2 Å². The fraction of sp³-hybridized carbons (Fsp3) is 1.00. The zero-order valence-corrected chi connectivity index (χ0v) is 28.7. The van der Waals surface area contributed by atoms with Gasteiger partial charge in [0.25, 0.3) is 0 Å². The summed E-state index contributed by atoms with van der Waals surface area (Å²) in [6.45, 7) is 18.9. The van der Waals surface area contributed by atoms with E-state index >= 15 is 0 Å². The van der Waals surface area contributed by atoms with Gasteiger partial charge in [0, 0.05) is 6.61 Å². The zero-order chi connectivity index (χ0) is 29.5. The highest BCUT2D eigenvalue weighted by molar-refractivity contribution is 6.76. The van der Waals surface area contributed by atoms with Crippen LogP contribution in [0.15, 0.2) is 0 Å². The second-order valence-corrected chi connectivity index (χ2v) is 17.5. The minimum atomic E-state index is -2.29. The smallest absolute Gasteiger partial charge is 0.199 e. The van der Waals surface area contributed by atoms with Gasteiger partial charge in [-0.05, 0) is 62.1 Å². The van der Waals surface area contributed by atoms with Crippen LogP contribution in [0.2, 0.25) is 17.1 Å². The summed E-state index contributed by atoms with van der Waals surface area (Å²) < 4.78 is 37.3. The van der Waals surface area contributed by atoms with Crippen molar-refractivity contribution in [3.63, 3.8) is 0 Å². The molecule has 0 amide bonds. The number of epoxide rings is 3. The Morgan fingerprint density at radius 1 is 0.659 bits per heavy atom. The molecular formula is C34H66O6Si. The first-order valence-electron chi connectivity index (χ1n) is 17.7. The van der Waals surface area contributed by atoms with Crippen molar-refractivity contribution in [2.24, 2.45) is 5.92 Å². The molecule has 8 atom stereocenters. The van der Waals surface area contributed by atoms with Gasteiger partial charge in [-0.3, -0.25) is 0 Å². The summed E-state index contributed by atoms with van der Waals surface area (Å²) in [5.41, 5.74) is 1.19. The summed E-state index contributed by atoms with van der Waals surface area (Å²) in [5.74, 6) is 0.681. The molecular weight excluding hydrogens is 532 g/mol. The Hall–Kier alpha value is -0.0231. The van der Waals surface area contributed by atoms with E-state index in [1.54, 1.807) is 0 Å². The van der Waals surface area contributed by atoms with Crippen LogP contribution in [0, 0.1) is 5.92 Å². The van der Waals surface area contributed by atoms with Crippen LogP contribution in [0.5, 0.6) is 0 Å². The molecule has 0 spiro atoms. The minimum Gasteiger partial charge on any atom is -0.417 e. The number of rotatable bonds is 28. The molecule has 8 unspecified atom stereocenters. The summed E-state index contributed by atoms with van der Waals surface area (Å²) in [5, 5.41) is 0. The van der Waals surface area contributed by atoms with Crippen molar-refractivity contribution in [1.29, 1.82) is 0 Å². The van der Waals surface area contributed by atoms with Crippen molar-refractivity contribution in [3.05, 3.63) is 0 Å². The SMILES string of the molecule is CCCCC(CC(CC)OCC1CO1)[Si](CC(CCC)CC1CO1)(OCC)C(CCCC)CC(CC)OCC1CO1. The normalized spacial score (nSPS) is 26.6. The first-order chi connectivity index (χ1) is 20.0. The molecule has 0 aliphatic carbocycles. The lowest BCUT2D eigenvalue weighted by atomic mass is 10.0. The standard InChI is InChI=1S/C34H66O6Si/c1-7-13-16-33(19-28(10-4)35-22-31-24-38-31)41(40-12-6,26-27(15-9-3)18-30-21-37-30)34(17-14-8-2)20-29(11-5)36-23-32-25-39-32/h27-34H,7-26H2,1-6H3. The monoisotopic (exact) mass is 598 g/mol. The average Bonchev–Trinajstić information content (AvgIpc) is 3.81. The quantitative estimate of drug-likeness (QED) is 0.0665. The molecule has 0 aromatic carbocycles. The predicted octanol–water partition coefficient (Wildman–Crippen LogP) is 8.46. The highest BCUT2D eigenvalue weighted by Crippen LogP contribution is 2.51. The summed E-state index contributed by atoms with van der Waals surface area (Å²) in [6.07, 6.45) is 17.3. The molecule has 0 bridgehead atoms. The summed E-state index contributed by atoms with van der Waals surface area (Å²) in [6, 6.07) is 1.27. The fourth-order valence-electron chi connectivity index (χ4n) is 7.15. The highest BCUT2D eigenvalue weighted by atomic mass is 28.4. The second-order valence-electron chi connectivity index (χ2n) is 13.2. The van der Waals surface area contributed by atoms with Crippen LogP contribution in [0.1, 0.15) is 125 Å². The van der Waals surface area contributed by atoms with Crippen molar-refractivity contribution in [2.45, 2.75) is 173 Å². The third-order valence-electron chi connectivity index (χ3n) is 9.76. The maximum absolute atomic E-state index is 7.43. The first-order valence-corrected chi connectivity index (χ1v) is 20.0. The summed E-state index contributed by atoms with van der Waals surface area (Å²) >= 11 is 0. The third kappa shape index (κ3) is 12.9. The Balaban J connectivity index is 1.96. The van der Waals surface area contributed by atoms with Gasteiger partial charge in [0.2, 0.25) is 0 Å².